The lowest BCUT2D eigenvalue weighted by atomic mass is 9.87. The van der Waals surface area contributed by atoms with Crippen molar-refractivity contribution < 1.29 is 0 Å². The van der Waals surface area contributed by atoms with E-state index in [-0.39, 0.29) is 10.8 Å². The van der Waals surface area contributed by atoms with Gasteiger partial charge in [-0.2, -0.15) is 0 Å². The lowest BCUT2D eigenvalue weighted by Gasteiger charge is -2.30. The molecule has 0 bridgehead atoms. The Bertz CT molecular complexity index is 713. The molecular weight excluding hydrogens is 318 g/mol. The third-order valence-electron chi connectivity index (χ3n) is 4.83. The summed E-state index contributed by atoms with van der Waals surface area (Å²) >= 11 is 0. The molecule has 0 radical (unpaired) electrons. The summed E-state index contributed by atoms with van der Waals surface area (Å²) in [5, 5.41) is 8.68. The molecule has 3 nitrogen and oxygen atoms in total. The molecule has 0 aliphatic rings. The Balaban J connectivity index is 2.28. The van der Waals surface area contributed by atoms with E-state index in [0.29, 0.717) is 5.96 Å². The van der Waals surface area contributed by atoms with Crippen LogP contribution in [0.25, 0.3) is 0 Å². The third-order valence-corrected chi connectivity index (χ3v) is 4.83. The van der Waals surface area contributed by atoms with Gasteiger partial charge in [0.25, 0.3) is 0 Å². The molecular formula is C23H33N3. The van der Waals surface area contributed by atoms with Gasteiger partial charge in [0.05, 0.1) is 0 Å². The van der Waals surface area contributed by atoms with E-state index in [1.165, 1.54) is 11.1 Å². The van der Waals surface area contributed by atoms with Crippen molar-refractivity contribution in [3.63, 3.8) is 0 Å². The highest BCUT2D eigenvalue weighted by atomic mass is 15.3. The minimum atomic E-state index is 0.0893. The summed E-state index contributed by atoms with van der Waals surface area (Å²) in [5.74, 6) is 0.446. The van der Waals surface area contributed by atoms with Crippen LogP contribution in [0.5, 0.6) is 0 Å². The second kappa shape index (κ2) is 7.14. The second-order valence-corrected chi connectivity index (χ2v) is 9.04. The van der Waals surface area contributed by atoms with Crippen LogP contribution in [0, 0.1) is 5.41 Å². The van der Waals surface area contributed by atoms with Gasteiger partial charge in [-0.05, 0) is 46.2 Å². The fourth-order valence-corrected chi connectivity index (χ4v) is 2.83. The Hall–Kier alpha value is -2.29. The Morgan fingerprint density at radius 3 is 1.35 bits per heavy atom. The van der Waals surface area contributed by atoms with E-state index in [2.05, 4.69) is 90.1 Å². The van der Waals surface area contributed by atoms with Crippen molar-refractivity contribution in [3.05, 3.63) is 59.7 Å². The quantitative estimate of drug-likeness (QED) is 0.548. The van der Waals surface area contributed by atoms with Crippen molar-refractivity contribution in [2.45, 2.75) is 52.4 Å². The highest BCUT2D eigenvalue weighted by molar-refractivity contribution is 6.04. The molecule has 0 saturated carbocycles. The van der Waals surface area contributed by atoms with Crippen molar-refractivity contribution in [1.29, 1.82) is 5.41 Å². The van der Waals surface area contributed by atoms with Crippen molar-refractivity contribution in [2.24, 2.45) is 0 Å². The van der Waals surface area contributed by atoms with Crippen LogP contribution in [0.15, 0.2) is 48.5 Å². The SMILES string of the molecule is CN(C(=N)N(C)c1cccc(C(C)(C)C)c1)c1cccc(C(C)(C)C)c1. The molecule has 3 heteroatoms. The van der Waals surface area contributed by atoms with Gasteiger partial charge >= 0.3 is 0 Å². The number of benzene rings is 2. The molecule has 0 heterocycles. The molecule has 140 valence electrons. The minimum Gasteiger partial charge on any atom is -0.316 e. The fourth-order valence-electron chi connectivity index (χ4n) is 2.83. The molecule has 2 aromatic rings. The minimum absolute atomic E-state index is 0.0893. The monoisotopic (exact) mass is 351 g/mol. The van der Waals surface area contributed by atoms with E-state index in [0.717, 1.165) is 11.4 Å². The van der Waals surface area contributed by atoms with E-state index < -0.39 is 0 Å². The van der Waals surface area contributed by atoms with Crippen LogP contribution in [0.2, 0.25) is 0 Å². The zero-order chi connectivity index (χ0) is 19.7. The van der Waals surface area contributed by atoms with Gasteiger partial charge < -0.3 is 9.80 Å². The van der Waals surface area contributed by atoms with E-state index in [9.17, 15) is 0 Å². The van der Waals surface area contributed by atoms with Crippen LogP contribution in [0.1, 0.15) is 52.7 Å². The number of nitrogens with one attached hydrogen (secondary N) is 1. The van der Waals surface area contributed by atoms with Crippen molar-refractivity contribution in [1.82, 2.24) is 0 Å². The van der Waals surface area contributed by atoms with Gasteiger partial charge in [-0.3, -0.25) is 5.41 Å². The number of anilines is 2. The average molecular weight is 352 g/mol. The number of guanidine groups is 1. The molecule has 0 amide bonds. The summed E-state index contributed by atoms with van der Waals surface area (Å²) in [5.41, 5.74) is 4.78. The summed E-state index contributed by atoms with van der Waals surface area (Å²) in [7, 11) is 3.91. The van der Waals surface area contributed by atoms with Gasteiger partial charge in [0.15, 0.2) is 0 Å². The molecule has 0 aliphatic carbocycles. The maximum Gasteiger partial charge on any atom is 0.202 e. The van der Waals surface area contributed by atoms with Gasteiger partial charge in [0.1, 0.15) is 0 Å². The first kappa shape index (κ1) is 20.0. The Morgan fingerprint density at radius 1 is 0.692 bits per heavy atom. The normalized spacial score (nSPS) is 12.0. The first-order valence-corrected chi connectivity index (χ1v) is 9.18. The predicted octanol–water partition coefficient (Wildman–Crippen LogP) is 5.79. The summed E-state index contributed by atoms with van der Waals surface area (Å²) in [6.45, 7) is 13.3. The molecule has 0 spiro atoms. The third kappa shape index (κ3) is 4.46. The fraction of sp³-hybridized carbons (Fsp3) is 0.435. The molecule has 0 aromatic heterocycles. The number of hydrogen-bond donors (Lipinski definition) is 1. The lowest BCUT2D eigenvalue weighted by Crippen LogP contribution is -2.39. The first-order valence-electron chi connectivity index (χ1n) is 9.18. The van der Waals surface area contributed by atoms with E-state index in [1.807, 2.05) is 23.9 Å². The Labute approximate surface area is 159 Å². The standard InChI is InChI=1S/C23H33N3/c1-22(2,3)17-11-9-13-19(15-17)25(7)21(24)26(8)20-14-10-12-18(16-20)23(4,5)6/h9-16,24H,1-8H3. The van der Waals surface area contributed by atoms with Gasteiger partial charge in [-0.1, -0.05) is 65.8 Å². The van der Waals surface area contributed by atoms with E-state index in [1.54, 1.807) is 0 Å². The number of rotatable bonds is 2. The van der Waals surface area contributed by atoms with Crippen molar-refractivity contribution >= 4 is 17.3 Å². The molecule has 2 rings (SSSR count). The maximum atomic E-state index is 8.68. The topological polar surface area (TPSA) is 30.3 Å². The highest BCUT2D eigenvalue weighted by Crippen LogP contribution is 2.28. The lowest BCUT2D eigenvalue weighted by molar-refractivity contribution is 0.590. The van der Waals surface area contributed by atoms with Crippen LogP contribution < -0.4 is 9.80 Å². The second-order valence-electron chi connectivity index (χ2n) is 9.04. The number of hydrogen-bond acceptors (Lipinski definition) is 1. The molecule has 0 aliphatic heterocycles. The van der Waals surface area contributed by atoms with Crippen LogP contribution in [-0.4, -0.2) is 20.1 Å². The smallest absolute Gasteiger partial charge is 0.202 e. The molecule has 1 N–H and O–H groups in total. The summed E-state index contributed by atoms with van der Waals surface area (Å²) in [6, 6.07) is 16.9. The highest BCUT2D eigenvalue weighted by Gasteiger charge is 2.19. The molecule has 0 unspecified atom stereocenters. The van der Waals surface area contributed by atoms with Gasteiger partial charge in [-0.15, -0.1) is 0 Å². The summed E-state index contributed by atoms with van der Waals surface area (Å²) in [6.07, 6.45) is 0. The first-order chi connectivity index (χ1) is 11.9. The van der Waals surface area contributed by atoms with Gasteiger partial charge in [0, 0.05) is 25.5 Å². The molecule has 2 aromatic carbocycles. The molecule has 0 atom stereocenters. The largest absolute Gasteiger partial charge is 0.316 e. The summed E-state index contributed by atoms with van der Waals surface area (Å²) in [4.78, 5) is 3.86. The average Bonchev–Trinajstić information content (AvgIpc) is 2.58. The van der Waals surface area contributed by atoms with Gasteiger partial charge in [-0.25, -0.2) is 0 Å². The number of nitrogens with zero attached hydrogens (tertiary/aromatic N) is 2. The van der Waals surface area contributed by atoms with Crippen molar-refractivity contribution in [3.8, 4) is 0 Å². The zero-order valence-corrected chi connectivity index (χ0v) is 17.5. The molecule has 0 saturated heterocycles. The molecule has 26 heavy (non-hydrogen) atoms. The van der Waals surface area contributed by atoms with Crippen LogP contribution in [-0.2, 0) is 10.8 Å². The van der Waals surface area contributed by atoms with Crippen LogP contribution in [0.4, 0.5) is 11.4 Å². The van der Waals surface area contributed by atoms with Crippen molar-refractivity contribution in [2.75, 3.05) is 23.9 Å². The summed E-state index contributed by atoms with van der Waals surface area (Å²) < 4.78 is 0. The Kier molecular flexibility index (Phi) is 5.50. The Morgan fingerprint density at radius 2 is 1.04 bits per heavy atom. The van der Waals surface area contributed by atoms with Crippen LogP contribution >= 0.6 is 0 Å². The van der Waals surface area contributed by atoms with E-state index >= 15 is 0 Å². The zero-order valence-electron chi connectivity index (χ0n) is 17.5. The molecule has 0 fully saturated rings. The predicted molar refractivity (Wildman–Crippen MR) is 115 cm³/mol. The van der Waals surface area contributed by atoms with Crippen LogP contribution in [0.3, 0.4) is 0 Å². The van der Waals surface area contributed by atoms with E-state index in [4.69, 9.17) is 5.41 Å². The van der Waals surface area contributed by atoms with Gasteiger partial charge in [0.2, 0.25) is 5.96 Å². The maximum absolute atomic E-state index is 8.68.